The maximum absolute atomic E-state index is 13.1. The van der Waals surface area contributed by atoms with E-state index in [0.29, 0.717) is 18.8 Å². The van der Waals surface area contributed by atoms with Crippen molar-refractivity contribution in [1.82, 2.24) is 4.90 Å². The zero-order valence-electron chi connectivity index (χ0n) is 11.8. The molecule has 0 radical (unpaired) electrons. The molecule has 3 N–H and O–H groups in total. The highest BCUT2D eigenvalue weighted by atomic mass is 19.1. The molecular formula is C15H18FN3O2. The SMILES string of the molecule is CCN(CC(=O)Nc1cc(F)ccc1N)Cc1ccco1. The van der Waals surface area contributed by atoms with Crippen molar-refractivity contribution in [3.8, 4) is 0 Å². The Morgan fingerprint density at radius 2 is 2.24 bits per heavy atom. The molecule has 2 rings (SSSR count). The minimum atomic E-state index is -0.442. The van der Waals surface area contributed by atoms with Gasteiger partial charge < -0.3 is 15.5 Å². The number of hydrogen-bond donors (Lipinski definition) is 2. The number of nitrogens with two attached hydrogens (primary N) is 1. The number of anilines is 2. The Hall–Kier alpha value is -2.34. The van der Waals surface area contributed by atoms with Gasteiger partial charge in [-0.3, -0.25) is 9.69 Å². The Morgan fingerprint density at radius 3 is 2.90 bits per heavy atom. The van der Waals surface area contributed by atoms with Gasteiger partial charge in [0.2, 0.25) is 5.91 Å². The number of hydrogen-bond acceptors (Lipinski definition) is 4. The van der Waals surface area contributed by atoms with E-state index in [9.17, 15) is 9.18 Å². The number of nitrogens with one attached hydrogen (secondary N) is 1. The molecule has 5 nitrogen and oxygen atoms in total. The third kappa shape index (κ3) is 4.32. The average molecular weight is 291 g/mol. The molecular weight excluding hydrogens is 273 g/mol. The van der Waals surface area contributed by atoms with Crippen molar-refractivity contribution in [2.24, 2.45) is 0 Å². The van der Waals surface area contributed by atoms with Crippen molar-refractivity contribution < 1.29 is 13.6 Å². The number of benzene rings is 1. The summed E-state index contributed by atoms with van der Waals surface area (Å²) in [6, 6.07) is 7.53. The van der Waals surface area contributed by atoms with Crippen LogP contribution in [0.4, 0.5) is 15.8 Å². The monoisotopic (exact) mass is 291 g/mol. The molecule has 1 aromatic heterocycles. The van der Waals surface area contributed by atoms with Crippen molar-refractivity contribution >= 4 is 17.3 Å². The number of likely N-dealkylation sites (N-methyl/N-ethyl adjacent to an activating group) is 1. The molecule has 0 aliphatic carbocycles. The van der Waals surface area contributed by atoms with E-state index in [1.54, 1.807) is 12.3 Å². The molecule has 0 bridgehead atoms. The summed E-state index contributed by atoms with van der Waals surface area (Å²) in [6.45, 7) is 3.35. The maximum Gasteiger partial charge on any atom is 0.238 e. The van der Waals surface area contributed by atoms with Gasteiger partial charge in [0.05, 0.1) is 30.7 Å². The highest BCUT2D eigenvalue weighted by Crippen LogP contribution is 2.19. The third-order valence-electron chi connectivity index (χ3n) is 3.06. The van der Waals surface area contributed by atoms with Gasteiger partial charge in [0.15, 0.2) is 0 Å². The maximum atomic E-state index is 13.1. The number of carbonyl (C=O) groups is 1. The number of rotatable bonds is 6. The molecule has 0 aliphatic rings. The van der Waals surface area contributed by atoms with Crippen molar-refractivity contribution in [3.05, 3.63) is 48.2 Å². The second kappa shape index (κ2) is 6.90. The summed E-state index contributed by atoms with van der Waals surface area (Å²) < 4.78 is 18.4. The lowest BCUT2D eigenvalue weighted by molar-refractivity contribution is -0.117. The first kappa shape index (κ1) is 15.1. The highest BCUT2D eigenvalue weighted by Gasteiger charge is 2.12. The van der Waals surface area contributed by atoms with Crippen molar-refractivity contribution in [3.63, 3.8) is 0 Å². The molecule has 0 saturated heterocycles. The van der Waals surface area contributed by atoms with Gasteiger partial charge in [-0.15, -0.1) is 0 Å². The normalized spacial score (nSPS) is 10.8. The van der Waals surface area contributed by atoms with Gasteiger partial charge in [0.25, 0.3) is 0 Å². The van der Waals surface area contributed by atoms with Crippen LogP contribution >= 0.6 is 0 Å². The summed E-state index contributed by atoms with van der Waals surface area (Å²) in [4.78, 5) is 13.9. The fourth-order valence-electron chi connectivity index (χ4n) is 1.93. The molecule has 1 amide bonds. The van der Waals surface area contributed by atoms with Crippen molar-refractivity contribution in [2.45, 2.75) is 13.5 Å². The van der Waals surface area contributed by atoms with E-state index in [2.05, 4.69) is 5.32 Å². The van der Waals surface area contributed by atoms with E-state index in [1.807, 2.05) is 17.9 Å². The summed E-state index contributed by atoms with van der Waals surface area (Å²) >= 11 is 0. The molecule has 21 heavy (non-hydrogen) atoms. The Morgan fingerprint density at radius 1 is 1.43 bits per heavy atom. The van der Waals surface area contributed by atoms with E-state index in [-0.39, 0.29) is 18.1 Å². The third-order valence-corrected chi connectivity index (χ3v) is 3.06. The van der Waals surface area contributed by atoms with Crippen molar-refractivity contribution in [2.75, 3.05) is 24.1 Å². The first-order valence-corrected chi connectivity index (χ1v) is 6.68. The number of nitrogens with zero attached hydrogens (tertiary/aromatic N) is 1. The van der Waals surface area contributed by atoms with Crippen LogP contribution in [0.3, 0.4) is 0 Å². The highest BCUT2D eigenvalue weighted by molar-refractivity contribution is 5.95. The fourth-order valence-corrected chi connectivity index (χ4v) is 1.93. The number of halogens is 1. The van der Waals surface area contributed by atoms with Crippen LogP contribution in [0.2, 0.25) is 0 Å². The molecule has 0 aliphatic heterocycles. The summed E-state index contributed by atoms with van der Waals surface area (Å²) in [5.74, 6) is 0.0954. The van der Waals surface area contributed by atoms with Crippen LogP contribution in [0.1, 0.15) is 12.7 Å². The number of carbonyl (C=O) groups excluding carboxylic acids is 1. The lowest BCUT2D eigenvalue weighted by Crippen LogP contribution is -2.32. The molecule has 112 valence electrons. The molecule has 0 saturated carbocycles. The van der Waals surface area contributed by atoms with Gasteiger partial charge in [-0.05, 0) is 36.9 Å². The van der Waals surface area contributed by atoms with Crippen LogP contribution in [0.15, 0.2) is 41.0 Å². The lowest BCUT2D eigenvalue weighted by atomic mass is 10.2. The zero-order chi connectivity index (χ0) is 15.2. The van der Waals surface area contributed by atoms with Gasteiger partial charge in [-0.2, -0.15) is 0 Å². The molecule has 0 fully saturated rings. The van der Waals surface area contributed by atoms with Gasteiger partial charge in [-0.25, -0.2) is 4.39 Å². The van der Waals surface area contributed by atoms with E-state index in [0.717, 1.165) is 5.76 Å². The molecule has 0 unspecified atom stereocenters. The topological polar surface area (TPSA) is 71.5 Å². The second-order valence-electron chi connectivity index (χ2n) is 4.66. The molecule has 1 aromatic carbocycles. The van der Waals surface area contributed by atoms with Crippen LogP contribution in [-0.2, 0) is 11.3 Å². The molecule has 2 aromatic rings. The largest absolute Gasteiger partial charge is 0.468 e. The minimum Gasteiger partial charge on any atom is -0.468 e. The van der Waals surface area contributed by atoms with Crippen LogP contribution in [0.25, 0.3) is 0 Å². The Labute approximate surface area is 122 Å². The van der Waals surface area contributed by atoms with E-state index >= 15 is 0 Å². The first-order chi connectivity index (χ1) is 10.1. The Balaban J connectivity index is 1.95. The molecule has 1 heterocycles. The lowest BCUT2D eigenvalue weighted by Gasteiger charge is -2.18. The van der Waals surface area contributed by atoms with E-state index < -0.39 is 5.82 Å². The minimum absolute atomic E-state index is 0.174. The summed E-state index contributed by atoms with van der Waals surface area (Å²) in [6.07, 6.45) is 1.59. The summed E-state index contributed by atoms with van der Waals surface area (Å²) in [5.41, 5.74) is 6.32. The number of amides is 1. The molecule has 0 spiro atoms. The second-order valence-corrected chi connectivity index (χ2v) is 4.66. The number of furan rings is 1. The fraction of sp³-hybridized carbons (Fsp3) is 0.267. The van der Waals surface area contributed by atoms with Gasteiger partial charge in [0.1, 0.15) is 11.6 Å². The molecule has 6 heteroatoms. The van der Waals surface area contributed by atoms with Crippen LogP contribution in [-0.4, -0.2) is 23.9 Å². The van der Waals surface area contributed by atoms with Crippen molar-refractivity contribution in [1.29, 1.82) is 0 Å². The standard InChI is InChI=1S/C15H18FN3O2/c1-2-19(9-12-4-3-7-21-12)10-15(20)18-14-8-11(16)5-6-13(14)17/h3-8H,2,9-10,17H2,1H3,(H,18,20). The average Bonchev–Trinajstić information content (AvgIpc) is 2.95. The Kier molecular flexibility index (Phi) is 4.94. The predicted molar refractivity (Wildman–Crippen MR) is 79.1 cm³/mol. The van der Waals surface area contributed by atoms with E-state index in [4.69, 9.17) is 10.2 Å². The quantitative estimate of drug-likeness (QED) is 0.802. The van der Waals surface area contributed by atoms with Crippen LogP contribution in [0.5, 0.6) is 0 Å². The predicted octanol–water partition coefficient (Wildman–Crippen LogP) is 2.46. The first-order valence-electron chi connectivity index (χ1n) is 6.68. The summed E-state index contributed by atoms with van der Waals surface area (Å²) in [7, 11) is 0. The van der Waals surface area contributed by atoms with Gasteiger partial charge in [0, 0.05) is 0 Å². The van der Waals surface area contributed by atoms with Crippen LogP contribution in [0, 0.1) is 5.82 Å². The van der Waals surface area contributed by atoms with Gasteiger partial charge >= 0.3 is 0 Å². The number of nitrogen functional groups attached to an aromatic ring is 1. The van der Waals surface area contributed by atoms with Crippen LogP contribution < -0.4 is 11.1 Å². The summed E-state index contributed by atoms with van der Waals surface area (Å²) in [5, 5.41) is 2.62. The molecule has 0 atom stereocenters. The van der Waals surface area contributed by atoms with Gasteiger partial charge in [-0.1, -0.05) is 6.92 Å². The Bertz CT molecular complexity index is 599. The zero-order valence-corrected chi connectivity index (χ0v) is 11.8. The smallest absolute Gasteiger partial charge is 0.238 e. The van der Waals surface area contributed by atoms with E-state index in [1.165, 1.54) is 18.2 Å².